The normalized spacial score (nSPS) is 23.6. The minimum atomic E-state index is -3.46. The first-order chi connectivity index (χ1) is 6.91. The zero-order chi connectivity index (χ0) is 11.6. The van der Waals surface area contributed by atoms with Crippen molar-refractivity contribution in [3.05, 3.63) is 0 Å². The number of nitrogens with zero attached hydrogens (tertiary/aromatic N) is 3. The molecule has 1 aliphatic rings. The fourth-order valence-electron chi connectivity index (χ4n) is 1.58. The molecule has 0 aliphatic carbocycles. The van der Waals surface area contributed by atoms with Crippen molar-refractivity contribution in [2.45, 2.75) is 38.8 Å². The lowest BCUT2D eigenvalue weighted by Crippen LogP contribution is -2.46. The van der Waals surface area contributed by atoms with Crippen LogP contribution in [0.3, 0.4) is 0 Å². The van der Waals surface area contributed by atoms with Crippen LogP contribution >= 0.6 is 0 Å². The number of hydrogen-bond donors (Lipinski definition) is 0. The predicted octanol–water partition coefficient (Wildman–Crippen LogP) is 0.559. The molecule has 0 amide bonds. The third kappa shape index (κ3) is 2.30. The molecule has 1 atom stereocenters. The summed E-state index contributed by atoms with van der Waals surface area (Å²) < 4.78 is 26.7. The zero-order valence-electron chi connectivity index (χ0n) is 9.34. The highest BCUT2D eigenvalue weighted by molar-refractivity contribution is 7.86. The first-order valence-electron chi connectivity index (χ1n) is 5.05. The third-order valence-corrected chi connectivity index (χ3v) is 4.92. The molecule has 1 fully saturated rings. The molecule has 0 aromatic heterocycles. The van der Waals surface area contributed by atoms with E-state index in [0.29, 0.717) is 13.0 Å². The van der Waals surface area contributed by atoms with Crippen molar-refractivity contribution in [3.8, 4) is 6.07 Å². The molecule has 0 bridgehead atoms. The summed E-state index contributed by atoms with van der Waals surface area (Å²) in [5.74, 6) is 0. The minimum Gasteiger partial charge on any atom is -0.197 e. The molecule has 0 N–H and O–H groups in total. The van der Waals surface area contributed by atoms with E-state index in [1.807, 2.05) is 19.9 Å². The second-order valence-corrected chi connectivity index (χ2v) is 5.96. The molecule has 0 aromatic carbocycles. The van der Waals surface area contributed by atoms with Gasteiger partial charge in [-0.3, -0.25) is 0 Å². The van der Waals surface area contributed by atoms with Crippen LogP contribution < -0.4 is 0 Å². The Morgan fingerprint density at radius 3 is 2.60 bits per heavy atom. The summed E-state index contributed by atoms with van der Waals surface area (Å²) in [7, 11) is -1.91. The molecular formula is C9H17N3O2S. The van der Waals surface area contributed by atoms with Gasteiger partial charge in [0, 0.05) is 19.6 Å². The lowest BCUT2D eigenvalue weighted by Gasteiger charge is -2.28. The van der Waals surface area contributed by atoms with Crippen molar-refractivity contribution < 1.29 is 8.42 Å². The number of hydrogen-bond acceptors (Lipinski definition) is 3. The van der Waals surface area contributed by atoms with Gasteiger partial charge in [0.15, 0.2) is 0 Å². The molecule has 1 aliphatic heterocycles. The van der Waals surface area contributed by atoms with Crippen LogP contribution in [-0.2, 0) is 10.2 Å². The van der Waals surface area contributed by atoms with Gasteiger partial charge in [-0.15, -0.1) is 0 Å². The van der Waals surface area contributed by atoms with E-state index >= 15 is 0 Å². The Labute approximate surface area is 91.5 Å². The molecule has 0 aromatic rings. The summed E-state index contributed by atoms with van der Waals surface area (Å²) in [4.78, 5) is 0. The van der Waals surface area contributed by atoms with Crippen LogP contribution in [0.2, 0.25) is 0 Å². The Bertz CT molecular complexity index is 358. The third-order valence-electron chi connectivity index (χ3n) is 2.74. The molecular weight excluding hydrogens is 214 g/mol. The Morgan fingerprint density at radius 1 is 1.53 bits per heavy atom. The number of nitriles is 1. The second-order valence-electron chi connectivity index (χ2n) is 4.02. The summed E-state index contributed by atoms with van der Waals surface area (Å²) in [5, 5.41) is 8.85. The maximum Gasteiger partial charge on any atom is 0.283 e. The summed E-state index contributed by atoms with van der Waals surface area (Å²) in [6, 6.07) is 1.46. The Hall–Kier alpha value is -0.640. The monoisotopic (exact) mass is 231 g/mol. The topological polar surface area (TPSA) is 64.4 Å². The molecule has 0 saturated carbocycles. The fourth-order valence-corrected chi connectivity index (χ4v) is 3.27. The van der Waals surface area contributed by atoms with Crippen LogP contribution in [0.1, 0.15) is 26.7 Å². The highest BCUT2D eigenvalue weighted by Gasteiger charge is 2.37. The van der Waals surface area contributed by atoms with Crippen molar-refractivity contribution >= 4 is 10.2 Å². The van der Waals surface area contributed by atoms with Gasteiger partial charge in [-0.05, 0) is 26.7 Å². The standard InChI is InChI=1S/C9H17N3O2S/c1-8(2)11(3)15(13,14)12-6-4-5-9(12)7-10/h8-9H,4-6H2,1-3H3. The quantitative estimate of drug-likeness (QED) is 0.713. The lowest BCUT2D eigenvalue weighted by atomic mass is 10.2. The van der Waals surface area contributed by atoms with E-state index < -0.39 is 16.3 Å². The highest BCUT2D eigenvalue weighted by Crippen LogP contribution is 2.22. The van der Waals surface area contributed by atoms with Crippen LogP contribution in [0.25, 0.3) is 0 Å². The van der Waals surface area contributed by atoms with Crippen LogP contribution in [0.4, 0.5) is 0 Å². The van der Waals surface area contributed by atoms with E-state index in [4.69, 9.17) is 5.26 Å². The van der Waals surface area contributed by atoms with E-state index in [-0.39, 0.29) is 6.04 Å². The molecule has 1 unspecified atom stereocenters. The molecule has 6 heteroatoms. The Morgan fingerprint density at radius 2 is 2.13 bits per heavy atom. The summed E-state index contributed by atoms with van der Waals surface area (Å²) in [6.45, 7) is 4.08. The molecule has 1 heterocycles. The SMILES string of the molecule is CC(C)N(C)S(=O)(=O)N1CCCC1C#N. The summed E-state index contributed by atoms with van der Waals surface area (Å²) in [5.41, 5.74) is 0. The zero-order valence-corrected chi connectivity index (χ0v) is 10.2. The van der Waals surface area contributed by atoms with Gasteiger partial charge >= 0.3 is 0 Å². The average Bonchev–Trinajstić information content (AvgIpc) is 2.64. The fraction of sp³-hybridized carbons (Fsp3) is 0.889. The second kappa shape index (κ2) is 4.47. The Balaban J connectivity index is 2.92. The molecule has 86 valence electrons. The van der Waals surface area contributed by atoms with Crippen molar-refractivity contribution in [1.29, 1.82) is 5.26 Å². The van der Waals surface area contributed by atoms with E-state index in [1.165, 1.54) is 8.61 Å². The van der Waals surface area contributed by atoms with Crippen LogP contribution in [0.15, 0.2) is 0 Å². The van der Waals surface area contributed by atoms with Gasteiger partial charge in [0.25, 0.3) is 10.2 Å². The molecule has 0 radical (unpaired) electrons. The molecule has 1 rings (SSSR count). The van der Waals surface area contributed by atoms with E-state index in [0.717, 1.165) is 6.42 Å². The van der Waals surface area contributed by atoms with E-state index in [9.17, 15) is 8.42 Å². The van der Waals surface area contributed by atoms with Gasteiger partial charge in [-0.2, -0.15) is 22.3 Å². The van der Waals surface area contributed by atoms with Crippen molar-refractivity contribution in [1.82, 2.24) is 8.61 Å². The maximum absolute atomic E-state index is 12.0. The number of rotatable bonds is 3. The molecule has 1 saturated heterocycles. The Kier molecular flexibility index (Phi) is 3.71. The first kappa shape index (κ1) is 12.4. The van der Waals surface area contributed by atoms with Crippen LogP contribution in [-0.4, -0.2) is 42.7 Å². The minimum absolute atomic E-state index is 0.0880. The van der Waals surface area contributed by atoms with E-state index in [1.54, 1.807) is 7.05 Å². The van der Waals surface area contributed by atoms with Crippen molar-refractivity contribution in [2.24, 2.45) is 0 Å². The van der Waals surface area contributed by atoms with Gasteiger partial charge in [0.2, 0.25) is 0 Å². The summed E-state index contributed by atoms with van der Waals surface area (Å²) in [6.07, 6.45) is 1.41. The van der Waals surface area contributed by atoms with Crippen molar-refractivity contribution in [3.63, 3.8) is 0 Å². The van der Waals surface area contributed by atoms with Gasteiger partial charge in [0.05, 0.1) is 6.07 Å². The average molecular weight is 231 g/mol. The smallest absolute Gasteiger partial charge is 0.197 e. The van der Waals surface area contributed by atoms with Crippen LogP contribution in [0.5, 0.6) is 0 Å². The maximum atomic E-state index is 12.0. The lowest BCUT2D eigenvalue weighted by molar-refractivity contribution is 0.344. The predicted molar refractivity (Wildman–Crippen MR) is 57.2 cm³/mol. The van der Waals surface area contributed by atoms with Gasteiger partial charge in [-0.25, -0.2) is 0 Å². The van der Waals surface area contributed by atoms with Gasteiger partial charge in [-0.1, -0.05) is 0 Å². The van der Waals surface area contributed by atoms with E-state index in [2.05, 4.69) is 0 Å². The molecule has 15 heavy (non-hydrogen) atoms. The largest absolute Gasteiger partial charge is 0.283 e. The van der Waals surface area contributed by atoms with Crippen LogP contribution in [0, 0.1) is 11.3 Å². The van der Waals surface area contributed by atoms with Gasteiger partial charge in [0.1, 0.15) is 6.04 Å². The first-order valence-corrected chi connectivity index (χ1v) is 6.45. The van der Waals surface area contributed by atoms with Gasteiger partial charge < -0.3 is 0 Å². The van der Waals surface area contributed by atoms with Crippen molar-refractivity contribution in [2.75, 3.05) is 13.6 Å². The molecule has 5 nitrogen and oxygen atoms in total. The molecule has 0 spiro atoms. The highest BCUT2D eigenvalue weighted by atomic mass is 32.2. The summed E-state index contributed by atoms with van der Waals surface area (Å²) >= 11 is 0.